The molecule has 0 fully saturated rings. The summed E-state index contributed by atoms with van der Waals surface area (Å²) in [6.07, 6.45) is 1.34. The van der Waals surface area contributed by atoms with E-state index in [0.717, 1.165) is 6.07 Å². The van der Waals surface area contributed by atoms with Crippen LogP contribution in [-0.2, 0) is 0 Å². The van der Waals surface area contributed by atoms with E-state index in [0.29, 0.717) is 0 Å². The lowest BCUT2D eigenvalue weighted by Gasteiger charge is -2.01. The first-order valence-corrected chi connectivity index (χ1v) is 5.15. The quantitative estimate of drug-likeness (QED) is 0.485. The van der Waals surface area contributed by atoms with E-state index in [1.54, 1.807) is 6.07 Å². The topological polar surface area (TPSA) is 82.6 Å². The van der Waals surface area contributed by atoms with Gasteiger partial charge in [-0.2, -0.15) is 0 Å². The largest absolute Gasteiger partial charge is 0.434 e. The second kappa shape index (κ2) is 4.89. The Bertz CT molecular complexity index is 593. The van der Waals surface area contributed by atoms with Gasteiger partial charge < -0.3 is 9.15 Å². The first-order valence-electron chi connectivity index (χ1n) is 4.77. The van der Waals surface area contributed by atoms with Crippen molar-refractivity contribution >= 4 is 23.3 Å². The van der Waals surface area contributed by atoms with Crippen LogP contribution in [-0.4, -0.2) is 10.9 Å². The van der Waals surface area contributed by atoms with Crippen LogP contribution in [0.2, 0.25) is 5.02 Å². The van der Waals surface area contributed by atoms with E-state index < -0.39 is 10.9 Å². The number of esters is 1. The molecule has 0 saturated heterocycles. The number of carbonyl (C=O) groups excluding carboxylic acids is 1. The van der Waals surface area contributed by atoms with Crippen LogP contribution in [0.3, 0.4) is 0 Å². The molecule has 0 unspecified atom stereocenters. The van der Waals surface area contributed by atoms with Gasteiger partial charge in [0.15, 0.2) is 0 Å². The lowest BCUT2D eigenvalue weighted by Crippen LogP contribution is -2.08. The summed E-state index contributed by atoms with van der Waals surface area (Å²) in [7, 11) is 0. The number of furan rings is 1. The van der Waals surface area contributed by atoms with Crippen LogP contribution in [0.4, 0.5) is 5.69 Å². The van der Waals surface area contributed by atoms with E-state index in [1.165, 1.54) is 24.5 Å². The summed E-state index contributed by atoms with van der Waals surface area (Å²) in [6.45, 7) is 0. The maximum atomic E-state index is 11.7. The highest BCUT2D eigenvalue weighted by molar-refractivity contribution is 6.32. The monoisotopic (exact) mass is 267 g/mol. The molecule has 0 atom stereocenters. The number of nitro groups is 1. The molecule has 18 heavy (non-hydrogen) atoms. The Balaban J connectivity index is 2.26. The van der Waals surface area contributed by atoms with Crippen molar-refractivity contribution in [1.82, 2.24) is 0 Å². The maximum Gasteiger partial charge on any atom is 0.346 e. The normalized spacial score (nSPS) is 10.1. The number of nitro benzene ring substituents is 1. The minimum atomic E-state index is -0.760. The van der Waals surface area contributed by atoms with Crippen molar-refractivity contribution in [2.75, 3.05) is 0 Å². The van der Waals surface area contributed by atoms with Crippen molar-refractivity contribution in [3.8, 4) is 5.95 Å². The number of halogens is 1. The fourth-order valence-electron chi connectivity index (χ4n) is 1.25. The molecule has 92 valence electrons. The van der Waals surface area contributed by atoms with Crippen LogP contribution in [0.5, 0.6) is 5.95 Å². The lowest BCUT2D eigenvalue weighted by molar-refractivity contribution is -0.384. The molecule has 1 heterocycles. The summed E-state index contributed by atoms with van der Waals surface area (Å²) in [5, 5.41) is 10.6. The molecule has 0 saturated carbocycles. The summed E-state index contributed by atoms with van der Waals surface area (Å²) >= 11 is 5.63. The van der Waals surface area contributed by atoms with Gasteiger partial charge in [0, 0.05) is 12.1 Å². The van der Waals surface area contributed by atoms with Crippen LogP contribution >= 0.6 is 11.6 Å². The molecule has 0 radical (unpaired) electrons. The summed E-state index contributed by atoms with van der Waals surface area (Å²) in [5.74, 6) is -0.748. The van der Waals surface area contributed by atoms with Gasteiger partial charge in [-0.1, -0.05) is 11.6 Å². The van der Waals surface area contributed by atoms with E-state index >= 15 is 0 Å². The second-order valence-electron chi connectivity index (χ2n) is 3.24. The van der Waals surface area contributed by atoms with E-state index in [9.17, 15) is 14.9 Å². The minimum Gasteiger partial charge on any atom is -0.434 e. The van der Waals surface area contributed by atoms with Gasteiger partial charge in [-0.15, -0.1) is 0 Å². The number of nitrogens with zero attached hydrogens (tertiary/aromatic N) is 1. The van der Waals surface area contributed by atoms with Gasteiger partial charge in [0.05, 0.1) is 16.7 Å². The molecular formula is C11H6ClNO5. The molecule has 0 N–H and O–H groups in total. The molecular weight excluding hydrogens is 262 g/mol. The van der Waals surface area contributed by atoms with E-state index in [1.807, 2.05) is 0 Å². The number of carbonyl (C=O) groups is 1. The van der Waals surface area contributed by atoms with E-state index in [-0.39, 0.29) is 22.2 Å². The summed E-state index contributed by atoms with van der Waals surface area (Å²) < 4.78 is 9.67. The Kier molecular flexibility index (Phi) is 3.29. The van der Waals surface area contributed by atoms with Gasteiger partial charge >= 0.3 is 5.97 Å². The highest BCUT2D eigenvalue weighted by Crippen LogP contribution is 2.25. The van der Waals surface area contributed by atoms with Crippen molar-refractivity contribution < 1.29 is 18.9 Å². The highest BCUT2D eigenvalue weighted by atomic mass is 35.5. The fourth-order valence-corrected chi connectivity index (χ4v) is 1.44. The zero-order chi connectivity index (χ0) is 13.1. The molecule has 0 amide bonds. The predicted octanol–water partition coefficient (Wildman–Crippen LogP) is 3.06. The molecule has 6 nitrogen and oxygen atoms in total. The fraction of sp³-hybridized carbons (Fsp3) is 0. The van der Waals surface area contributed by atoms with Crippen LogP contribution in [0.1, 0.15) is 10.4 Å². The van der Waals surface area contributed by atoms with Crippen LogP contribution in [0.25, 0.3) is 0 Å². The Labute approximate surface area is 106 Å². The number of hydrogen-bond donors (Lipinski definition) is 0. The maximum absolute atomic E-state index is 11.7. The van der Waals surface area contributed by atoms with Crippen LogP contribution < -0.4 is 4.74 Å². The SMILES string of the molecule is O=C(Oc1ccco1)c1ccc(Cl)c([N+](=O)[O-])c1. The van der Waals surface area contributed by atoms with Crippen molar-refractivity contribution in [3.63, 3.8) is 0 Å². The summed E-state index contributed by atoms with van der Waals surface area (Å²) in [5.41, 5.74) is -0.340. The Morgan fingerprint density at radius 3 is 2.78 bits per heavy atom. The molecule has 0 aliphatic heterocycles. The van der Waals surface area contributed by atoms with Gasteiger partial charge in [0.25, 0.3) is 11.6 Å². The van der Waals surface area contributed by atoms with Gasteiger partial charge in [-0.3, -0.25) is 10.1 Å². The molecule has 7 heteroatoms. The number of benzene rings is 1. The van der Waals surface area contributed by atoms with Crippen LogP contribution in [0, 0.1) is 10.1 Å². The smallest absolute Gasteiger partial charge is 0.346 e. The van der Waals surface area contributed by atoms with E-state index in [2.05, 4.69) is 0 Å². The first kappa shape index (κ1) is 12.1. The van der Waals surface area contributed by atoms with Gasteiger partial charge in [-0.25, -0.2) is 4.79 Å². The van der Waals surface area contributed by atoms with Crippen LogP contribution in [0.15, 0.2) is 41.0 Å². The third-order valence-electron chi connectivity index (χ3n) is 2.07. The van der Waals surface area contributed by atoms with Crippen molar-refractivity contribution in [1.29, 1.82) is 0 Å². The molecule has 0 bridgehead atoms. The van der Waals surface area contributed by atoms with Gasteiger partial charge in [-0.05, 0) is 18.2 Å². The van der Waals surface area contributed by atoms with Crippen molar-refractivity contribution in [3.05, 3.63) is 57.3 Å². The molecule has 0 spiro atoms. The lowest BCUT2D eigenvalue weighted by atomic mass is 10.2. The number of ether oxygens (including phenoxy) is 1. The zero-order valence-electron chi connectivity index (χ0n) is 8.83. The Hall–Kier alpha value is -2.34. The van der Waals surface area contributed by atoms with Gasteiger partial charge in [0.1, 0.15) is 5.02 Å². The second-order valence-corrected chi connectivity index (χ2v) is 3.65. The standard InChI is InChI=1S/C11H6ClNO5/c12-8-4-3-7(6-9(8)13(15)16)11(14)18-10-2-1-5-17-10/h1-6H. The highest BCUT2D eigenvalue weighted by Gasteiger charge is 2.18. The predicted molar refractivity (Wildman–Crippen MR) is 61.8 cm³/mol. The Morgan fingerprint density at radius 2 is 2.17 bits per heavy atom. The average molecular weight is 268 g/mol. The Morgan fingerprint density at radius 1 is 1.39 bits per heavy atom. The molecule has 0 aliphatic rings. The number of hydrogen-bond acceptors (Lipinski definition) is 5. The van der Waals surface area contributed by atoms with Crippen molar-refractivity contribution in [2.45, 2.75) is 0 Å². The molecule has 2 rings (SSSR count). The van der Waals surface area contributed by atoms with Gasteiger partial charge in [0.2, 0.25) is 0 Å². The molecule has 0 aliphatic carbocycles. The minimum absolute atomic E-state index is 0.0117. The summed E-state index contributed by atoms with van der Waals surface area (Å²) in [4.78, 5) is 21.6. The number of rotatable bonds is 3. The molecule has 1 aromatic carbocycles. The first-order chi connectivity index (χ1) is 8.58. The summed E-state index contributed by atoms with van der Waals surface area (Å²) in [6, 6.07) is 6.64. The molecule has 1 aromatic heterocycles. The average Bonchev–Trinajstić information content (AvgIpc) is 2.81. The molecule has 2 aromatic rings. The zero-order valence-corrected chi connectivity index (χ0v) is 9.59. The van der Waals surface area contributed by atoms with E-state index in [4.69, 9.17) is 20.8 Å². The third-order valence-corrected chi connectivity index (χ3v) is 2.39. The van der Waals surface area contributed by atoms with Crippen molar-refractivity contribution in [2.24, 2.45) is 0 Å². The third kappa shape index (κ3) is 2.49.